The molecule has 0 radical (unpaired) electrons. The van der Waals surface area contributed by atoms with Gasteiger partial charge in [0, 0.05) is 43.8 Å². The van der Waals surface area contributed by atoms with Gasteiger partial charge >= 0.3 is 0 Å². The summed E-state index contributed by atoms with van der Waals surface area (Å²) in [5, 5.41) is 3.57. The molecule has 7 aromatic rings. The molecule has 2 N–H and O–H groups in total. The van der Waals surface area contributed by atoms with Crippen molar-refractivity contribution in [3.8, 4) is 51.3 Å². The molecule has 0 aliphatic carbocycles. The molecule has 50 heavy (non-hydrogen) atoms. The van der Waals surface area contributed by atoms with Crippen LogP contribution in [-0.2, 0) is 9.47 Å². The molecule has 3 aliphatic rings. The Hall–Kier alpha value is -6.04. The lowest BCUT2D eigenvalue weighted by Gasteiger charge is -2.17. The number of nitrogens with one attached hydrogen (secondary N) is 2. The van der Waals surface area contributed by atoms with E-state index in [1.165, 1.54) is 0 Å². The molecule has 6 heterocycles. The fraction of sp³-hybridized carbons (Fsp3) is 0.179. The molecule has 11 heteroatoms. The molecule has 244 valence electrons. The highest BCUT2D eigenvalue weighted by Crippen LogP contribution is 2.37. The smallest absolute Gasteiger partial charge is 0.164 e. The molecule has 0 spiro atoms. The van der Waals surface area contributed by atoms with Crippen LogP contribution in [-0.4, -0.2) is 65.0 Å². The van der Waals surface area contributed by atoms with Gasteiger partial charge in [0.2, 0.25) is 0 Å². The van der Waals surface area contributed by atoms with E-state index in [1.54, 1.807) is 0 Å². The third-order valence-electron chi connectivity index (χ3n) is 9.28. The van der Waals surface area contributed by atoms with E-state index < -0.39 is 5.79 Å². The van der Waals surface area contributed by atoms with Gasteiger partial charge < -0.3 is 24.2 Å². The number of rotatable bonds is 3. The Labute approximate surface area is 285 Å². The Morgan fingerprint density at radius 2 is 1.16 bits per heavy atom. The third kappa shape index (κ3) is 4.73. The zero-order chi connectivity index (χ0) is 33.6. The first kappa shape index (κ1) is 28.9. The average molecular weight is 659 g/mol. The van der Waals surface area contributed by atoms with Crippen molar-refractivity contribution in [1.29, 1.82) is 0 Å². The molecule has 1 unspecified atom stereocenters. The monoisotopic (exact) mass is 658 g/mol. The fourth-order valence-electron chi connectivity index (χ4n) is 6.91. The van der Waals surface area contributed by atoms with Crippen molar-refractivity contribution in [1.82, 2.24) is 39.9 Å². The molecule has 11 nitrogen and oxygen atoms in total. The second kappa shape index (κ2) is 10.7. The summed E-state index contributed by atoms with van der Waals surface area (Å²) in [7, 11) is 0. The van der Waals surface area contributed by atoms with Gasteiger partial charge in [0.15, 0.2) is 29.1 Å². The van der Waals surface area contributed by atoms with Crippen LogP contribution in [0, 0.1) is 6.92 Å². The van der Waals surface area contributed by atoms with Crippen molar-refractivity contribution in [3.63, 3.8) is 0 Å². The predicted octanol–water partition coefficient (Wildman–Crippen LogP) is 7.71. The van der Waals surface area contributed by atoms with Gasteiger partial charge in [-0.15, -0.1) is 0 Å². The Morgan fingerprint density at radius 3 is 1.76 bits per heavy atom. The molecule has 0 saturated carbocycles. The van der Waals surface area contributed by atoms with Gasteiger partial charge in [0.1, 0.15) is 41.0 Å². The van der Waals surface area contributed by atoms with Crippen LogP contribution in [0.4, 0.5) is 0 Å². The highest BCUT2D eigenvalue weighted by molar-refractivity contribution is 6.06. The lowest BCUT2D eigenvalue weighted by molar-refractivity contribution is -0.141. The van der Waals surface area contributed by atoms with E-state index in [-0.39, 0.29) is 6.10 Å². The molecule has 10 rings (SSSR count). The number of aromatic nitrogens is 8. The molecule has 3 aromatic heterocycles. The van der Waals surface area contributed by atoms with E-state index >= 15 is 0 Å². The summed E-state index contributed by atoms with van der Waals surface area (Å²) in [6, 6.07) is 28.2. The molecule has 1 fully saturated rings. The van der Waals surface area contributed by atoms with Crippen molar-refractivity contribution in [2.45, 2.75) is 32.7 Å². The maximum absolute atomic E-state index is 6.22. The number of H-pyrrole nitrogens is 2. The minimum atomic E-state index is -0.623. The normalized spacial score (nSPS) is 16.1. The SMILES string of the molecule is Cc1ccc2c(c1)-c1nc-2nc2[nH]c(nc3nc(nc4[nH]c(n1)c1ccccc41)-c1ccccc1-3)c1ccc(OCC3COC(C)(C)O3)cc21. The van der Waals surface area contributed by atoms with E-state index in [4.69, 9.17) is 44.1 Å². The van der Waals surface area contributed by atoms with Gasteiger partial charge in [-0.2, -0.15) is 0 Å². The molecule has 8 bridgehead atoms. The van der Waals surface area contributed by atoms with Gasteiger partial charge in [0.25, 0.3) is 0 Å². The van der Waals surface area contributed by atoms with E-state index in [2.05, 4.69) is 35.1 Å². The molecule has 3 aliphatic heterocycles. The number of benzene rings is 4. The summed E-state index contributed by atoms with van der Waals surface area (Å²) in [6.07, 6.45) is -0.168. The van der Waals surface area contributed by atoms with E-state index in [1.807, 2.05) is 80.6 Å². The molecule has 1 atom stereocenters. The summed E-state index contributed by atoms with van der Waals surface area (Å²) in [5.41, 5.74) is 7.22. The van der Waals surface area contributed by atoms with E-state index in [9.17, 15) is 0 Å². The van der Waals surface area contributed by atoms with E-state index in [0.717, 1.165) is 49.4 Å². The third-order valence-corrected chi connectivity index (χ3v) is 9.28. The number of hydrogen-bond acceptors (Lipinski definition) is 9. The van der Waals surface area contributed by atoms with Crippen LogP contribution in [0.5, 0.6) is 5.75 Å². The van der Waals surface area contributed by atoms with Gasteiger partial charge in [-0.3, -0.25) is 0 Å². The maximum atomic E-state index is 6.22. The van der Waals surface area contributed by atoms with Gasteiger partial charge in [-0.1, -0.05) is 66.2 Å². The quantitative estimate of drug-likeness (QED) is 0.196. The highest BCUT2D eigenvalue weighted by Gasteiger charge is 2.33. The van der Waals surface area contributed by atoms with Crippen LogP contribution in [0.2, 0.25) is 0 Å². The first-order chi connectivity index (χ1) is 24.3. The number of aryl methyl sites for hydroxylation is 1. The molecular weight excluding hydrogens is 628 g/mol. The first-order valence-corrected chi connectivity index (χ1v) is 16.6. The summed E-state index contributed by atoms with van der Waals surface area (Å²) >= 11 is 0. The van der Waals surface area contributed by atoms with Crippen molar-refractivity contribution < 1.29 is 14.2 Å². The Morgan fingerprint density at radius 1 is 0.620 bits per heavy atom. The number of hydrogen-bond donors (Lipinski definition) is 2. The summed E-state index contributed by atoms with van der Waals surface area (Å²) in [4.78, 5) is 37.4. The van der Waals surface area contributed by atoms with Gasteiger partial charge in [-0.25, -0.2) is 29.9 Å². The Kier molecular flexibility index (Phi) is 6.21. The predicted molar refractivity (Wildman–Crippen MR) is 191 cm³/mol. The van der Waals surface area contributed by atoms with Crippen LogP contribution in [0.3, 0.4) is 0 Å². The van der Waals surface area contributed by atoms with E-state index in [0.29, 0.717) is 64.8 Å². The second-order valence-electron chi connectivity index (χ2n) is 13.2. The number of fused-ring (bicyclic) bond motifs is 20. The van der Waals surface area contributed by atoms with Crippen molar-refractivity contribution >= 4 is 44.1 Å². The van der Waals surface area contributed by atoms with Crippen LogP contribution >= 0.6 is 0 Å². The summed E-state index contributed by atoms with van der Waals surface area (Å²) in [5.74, 6) is 2.29. The molecule has 1 saturated heterocycles. The second-order valence-corrected chi connectivity index (χ2v) is 13.2. The summed E-state index contributed by atoms with van der Waals surface area (Å²) in [6.45, 7) is 6.70. The average Bonchev–Trinajstić information content (AvgIpc) is 3.91. The van der Waals surface area contributed by atoms with Crippen molar-refractivity contribution in [2.75, 3.05) is 13.2 Å². The minimum absolute atomic E-state index is 0.168. The molecule has 4 aromatic carbocycles. The van der Waals surface area contributed by atoms with Crippen LogP contribution in [0.25, 0.3) is 89.7 Å². The Balaban J connectivity index is 1.26. The largest absolute Gasteiger partial charge is 0.491 e. The van der Waals surface area contributed by atoms with Crippen molar-refractivity contribution in [3.05, 3.63) is 90.5 Å². The zero-order valence-corrected chi connectivity index (χ0v) is 27.5. The van der Waals surface area contributed by atoms with Gasteiger partial charge in [0.05, 0.1) is 6.61 Å². The Bertz CT molecular complexity index is 2720. The lowest BCUT2D eigenvalue weighted by atomic mass is 10.1. The molecule has 0 amide bonds. The maximum Gasteiger partial charge on any atom is 0.164 e. The minimum Gasteiger partial charge on any atom is -0.491 e. The number of aromatic amines is 2. The fourth-order valence-corrected chi connectivity index (χ4v) is 6.91. The van der Waals surface area contributed by atoms with Gasteiger partial charge in [-0.05, 0) is 45.0 Å². The topological polar surface area (TPSA) is 137 Å². The van der Waals surface area contributed by atoms with Crippen LogP contribution in [0.15, 0.2) is 84.9 Å². The van der Waals surface area contributed by atoms with Crippen LogP contribution in [0.1, 0.15) is 19.4 Å². The van der Waals surface area contributed by atoms with Crippen LogP contribution < -0.4 is 4.74 Å². The number of ether oxygens (including phenoxy) is 3. The van der Waals surface area contributed by atoms with Crippen molar-refractivity contribution in [2.24, 2.45) is 0 Å². The molecular formula is C39H30N8O3. The lowest BCUT2D eigenvalue weighted by Crippen LogP contribution is -2.25. The highest BCUT2D eigenvalue weighted by atomic mass is 16.7. The number of nitrogens with zero attached hydrogens (tertiary/aromatic N) is 6. The standard InChI is InChI=1S/C39H30N8O3/c1-20-12-14-27-29(16-20)37-44-34-26-11-7-6-10-25(26)32(42-34)40-31-23-8-4-5-9-24(23)33(41-31)43-36-28-15-13-21(48-18-22-19-49-39(2,3)50-22)17-30(28)38(47-36)46-35(27)45-37/h4-17,22H,18-19H2,1-3H3,(H2,40,41,42,43,44,45,46,47). The first-order valence-electron chi connectivity index (χ1n) is 16.6. The summed E-state index contributed by atoms with van der Waals surface area (Å²) < 4.78 is 17.9. The zero-order valence-electron chi connectivity index (χ0n) is 27.5.